The highest BCUT2D eigenvalue weighted by Crippen LogP contribution is 2.14. The molecule has 2 unspecified atom stereocenters. The second kappa shape index (κ2) is 40.8. The largest absolute Gasteiger partial charge is 0.544 e. The van der Waals surface area contributed by atoms with Gasteiger partial charge in [0.05, 0.1) is 40.3 Å². The Morgan fingerprint density at radius 3 is 1.43 bits per heavy atom. The summed E-state index contributed by atoms with van der Waals surface area (Å²) in [7, 11) is 5.40. The van der Waals surface area contributed by atoms with Crippen LogP contribution < -0.4 is 5.11 Å². The van der Waals surface area contributed by atoms with Gasteiger partial charge in [0, 0.05) is 19.3 Å². The number of carboxylic acids is 1. The highest BCUT2D eigenvalue weighted by atomic mass is 16.6. The standard InChI is InChI=1S/C50H87NO7/c1-6-8-10-12-14-16-18-19-20-21-22-23-24-25-26-27-28-29-31-33-35-37-39-41-49(53)58-46(44-56-43-42-47(50(54)55)51(3,4)5)45-57-48(52)40-38-36-34-32-30-17-15-13-11-9-7-2/h8,10,14,16,19-20,22-23,25-26,46-47H,6-7,9,11-13,15,17-18,21,24,27-45H2,1-5H3/b10-8+,16-14+,20-19+,23-22+,26-25+. The van der Waals surface area contributed by atoms with E-state index < -0.39 is 18.1 Å². The van der Waals surface area contributed by atoms with Gasteiger partial charge in [0.1, 0.15) is 12.6 Å². The average Bonchev–Trinajstić information content (AvgIpc) is 3.18. The fourth-order valence-corrected chi connectivity index (χ4v) is 6.57. The van der Waals surface area contributed by atoms with E-state index in [4.69, 9.17) is 14.2 Å². The summed E-state index contributed by atoms with van der Waals surface area (Å²) in [6.07, 6.45) is 49.6. The number of quaternary nitrogens is 1. The minimum absolute atomic E-state index is 0.0357. The molecule has 0 aliphatic carbocycles. The minimum Gasteiger partial charge on any atom is -0.544 e. The highest BCUT2D eigenvalue weighted by molar-refractivity contribution is 5.70. The van der Waals surface area contributed by atoms with Crippen LogP contribution in [0.1, 0.15) is 187 Å². The second-order valence-electron chi connectivity index (χ2n) is 16.6. The summed E-state index contributed by atoms with van der Waals surface area (Å²) < 4.78 is 17.2. The van der Waals surface area contributed by atoms with Crippen molar-refractivity contribution in [1.29, 1.82) is 0 Å². The number of aliphatic carboxylic acids is 1. The number of esters is 2. The normalized spacial score (nSPS) is 13.5. The molecule has 0 aromatic carbocycles. The molecule has 2 atom stereocenters. The van der Waals surface area contributed by atoms with Gasteiger partial charge in [0.25, 0.3) is 0 Å². The van der Waals surface area contributed by atoms with Crippen molar-refractivity contribution >= 4 is 17.9 Å². The molecule has 334 valence electrons. The molecule has 0 aliphatic heterocycles. The Kier molecular flexibility index (Phi) is 38.7. The maximum atomic E-state index is 12.7. The molecule has 0 aliphatic rings. The number of ether oxygens (including phenoxy) is 3. The molecule has 0 aromatic heterocycles. The second-order valence-corrected chi connectivity index (χ2v) is 16.6. The lowest BCUT2D eigenvalue weighted by Crippen LogP contribution is -2.55. The van der Waals surface area contributed by atoms with Gasteiger partial charge in [-0.1, -0.05) is 171 Å². The number of nitrogens with zero attached hydrogens (tertiary/aromatic N) is 1. The van der Waals surface area contributed by atoms with Crippen molar-refractivity contribution in [3.63, 3.8) is 0 Å². The Balaban J connectivity index is 4.28. The van der Waals surface area contributed by atoms with Gasteiger partial charge in [-0.25, -0.2) is 0 Å². The molecule has 0 radical (unpaired) electrons. The van der Waals surface area contributed by atoms with E-state index in [9.17, 15) is 19.5 Å². The number of hydrogen-bond donors (Lipinski definition) is 0. The number of carbonyl (C=O) groups is 3. The number of unbranched alkanes of at least 4 members (excludes halogenated alkanes) is 17. The predicted molar refractivity (Wildman–Crippen MR) is 240 cm³/mol. The maximum Gasteiger partial charge on any atom is 0.306 e. The molecule has 0 saturated heterocycles. The van der Waals surface area contributed by atoms with Crippen LogP contribution in [0, 0.1) is 0 Å². The summed E-state index contributed by atoms with van der Waals surface area (Å²) in [5.41, 5.74) is 0. The highest BCUT2D eigenvalue weighted by Gasteiger charge is 2.25. The monoisotopic (exact) mass is 814 g/mol. The smallest absolute Gasteiger partial charge is 0.306 e. The zero-order valence-electron chi connectivity index (χ0n) is 37.9. The van der Waals surface area contributed by atoms with Crippen LogP contribution in [0.15, 0.2) is 60.8 Å². The van der Waals surface area contributed by atoms with Crippen LogP contribution in [0.5, 0.6) is 0 Å². The lowest BCUT2D eigenvalue weighted by Gasteiger charge is -2.34. The first-order valence-corrected chi connectivity index (χ1v) is 23.3. The molecule has 8 nitrogen and oxygen atoms in total. The quantitative estimate of drug-likeness (QED) is 0.0262. The third-order valence-electron chi connectivity index (χ3n) is 10.2. The summed E-state index contributed by atoms with van der Waals surface area (Å²) in [6, 6.07) is -0.728. The predicted octanol–water partition coefficient (Wildman–Crippen LogP) is 11.6. The molecule has 0 heterocycles. The van der Waals surface area contributed by atoms with Crippen molar-refractivity contribution in [1.82, 2.24) is 0 Å². The number of rotatable bonds is 41. The molecule has 58 heavy (non-hydrogen) atoms. The Hall–Kier alpha value is -2.97. The minimum atomic E-state index is -1.13. The van der Waals surface area contributed by atoms with Crippen molar-refractivity contribution in [2.45, 2.75) is 199 Å². The number of hydrogen-bond acceptors (Lipinski definition) is 7. The number of likely N-dealkylation sites (N-methyl/N-ethyl adjacent to an activating group) is 1. The molecule has 0 aromatic rings. The van der Waals surface area contributed by atoms with Crippen LogP contribution >= 0.6 is 0 Å². The summed E-state index contributed by atoms with van der Waals surface area (Å²) in [5, 5.41) is 11.6. The van der Waals surface area contributed by atoms with Crippen LogP contribution in [-0.2, 0) is 28.6 Å². The van der Waals surface area contributed by atoms with Gasteiger partial charge in [-0.15, -0.1) is 0 Å². The number of carboxylic acid groups (broad SMARTS) is 1. The van der Waals surface area contributed by atoms with Gasteiger partial charge in [-0.2, -0.15) is 0 Å². The van der Waals surface area contributed by atoms with Crippen molar-refractivity contribution < 1.29 is 38.2 Å². The molecular weight excluding hydrogens is 727 g/mol. The lowest BCUT2D eigenvalue weighted by molar-refractivity contribution is -0.889. The van der Waals surface area contributed by atoms with Gasteiger partial charge >= 0.3 is 11.9 Å². The Morgan fingerprint density at radius 2 is 0.966 bits per heavy atom. The van der Waals surface area contributed by atoms with Gasteiger partial charge in [0.15, 0.2) is 6.10 Å². The Labute approximate surface area is 356 Å². The van der Waals surface area contributed by atoms with Crippen LogP contribution in [0.25, 0.3) is 0 Å². The summed E-state index contributed by atoms with van der Waals surface area (Å²) in [4.78, 5) is 36.9. The molecule has 0 fully saturated rings. The summed E-state index contributed by atoms with van der Waals surface area (Å²) >= 11 is 0. The molecular formula is C50H87NO7. The van der Waals surface area contributed by atoms with Gasteiger partial charge < -0.3 is 28.6 Å². The van der Waals surface area contributed by atoms with E-state index >= 15 is 0 Å². The SMILES string of the molecule is CC/C=C/C/C=C/C/C=C/C/C=C/C/C=C/CCCCCCCCCC(=O)OC(COCCC(C(=O)[O-])[N+](C)(C)C)COC(=O)CCCCCCCCCCCCC. The Bertz CT molecular complexity index is 1130. The lowest BCUT2D eigenvalue weighted by atomic mass is 10.1. The first kappa shape index (κ1) is 55.0. The van der Waals surface area contributed by atoms with E-state index in [0.717, 1.165) is 83.5 Å². The molecule has 0 bridgehead atoms. The molecule has 0 saturated carbocycles. The molecule has 0 N–H and O–H groups in total. The van der Waals surface area contributed by atoms with Crippen LogP contribution in [0.3, 0.4) is 0 Å². The van der Waals surface area contributed by atoms with Crippen molar-refractivity contribution in [3.8, 4) is 0 Å². The van der Waals surface area contributed by atoms with E-state index in [-0.39, 0.29) is 42.7 Å². The van der Waals surface area contributed by atoms with Gasteiger partial charge in [0.2, 0.25) is 0 Å². The van der Waals surface area contributed by atoms with E-state index in [2.05, 4.69) is 74.6 Å². The fraction of sp³-hybridized carbons (Fsp3) is 0.740. The first-order valence-electron chi connectivity index (χ1n) is 23.3. The van der Waals surface area contributed by atoms with Gasteiger partial charge in [-0.05, 0) is 57.8 Å². The topological polar surface area (TPSA) is 102 Å². The van der Waals surface area contributed by atoms with E-state index in [1.165, 1.54) is 70.6 Å². The zero-order chi connectivity index (χ0) is 42.8. The van der Waals surface area contributed by atoms with Crippen LogP contribution in [-0.4, -0.2) is 75.5 Å². The van der Waals surface area contributed by atoms with Crippen LogP contribution in [0.2, 0.25) is 0 Å². The number of allylic oxidation sites excluding steroid dienone is 10. The third kappa shape index (κ3) is 38.5. The Morgan fingerprint density at radius 1 is 0.534 bits per heavy atom. The van der Waals surface area contributed by atoms with Crippen molar-refractivity contribution in [2.24, 2.45) is 0 Å². The molecule has 0 rings (SSSR count). The molecule has 8 heteroatoms. The maximum absolute atomic E-state index is 12.7. The first-order chi connectivity index (χ1) is 28.1. The van der Waals surface area contributed by atoms with Gasteiger partial charge in [-0.3, -0.25) is 9.59 Å². The number of carbonyl (C=O) groups excluding carboxylic acids is 3. The third-order valence-corrected chi connectivity index (χ3v) is 10.2. The molecule has 0 spiro atoms. The van der Waals surface area contributed by atoms with Crippen LogP contribution in [0.4, 0.5) is 0 Å². The van der Waals surface area contributed by atoms with E-state index in [1.807, 2.05) is 0 Å². The van der Waals surface area contributed by atoms with E-state index in [0.29, 0.717) is 12.8 Å². The van der Waals surface area contributed by atoms with E-state index in [1.54, 1.807) is 21.1 Å². The summed E-state index contributed by atoms with van der Waals surface area (Å²) in [5.74, 6) is -1.75. The average molecular weight is 814 g/mol. The van der Waals surface area contributed by atoms with Crippen molar-refractivity contribution in [3.05, 3.63) is 60.8 Å². The summed E-state index contributed by atoms with van der Waals surface area (Å²) in [6.45, 7) is 4.53. The van der Waals surface area contributed by atoms with Crippen molar-refractivity contribution in [2.75, 3.05) is 41.0 Å². The zero-order valence-corrected chi connectivity index (χ0v) is 37.9. The molecule has 0 amide bonds. The fourth-order valence-electron chi connectivity index (χ4n) is 6.57.